The molecule has 0 saturated carbocycles. The van der Waals surface area contributed by atoms with Crippen LogP contribution in [-0.2, 0) is 0 Å². The number of aromatic nitrogens is 3. The number of hydrogen-bond donors (Lipinski definition) is 0. The second-order valence-corrected chi connectivity index (χ2v) is 3.61. The minimum absolute atomic E-state index is 0.409. The van der Waals surface area contributed by atoms with Crippen LogP contribution in [0.2, 0.25) is 5.15 Å². The Morgan fingerprint density at radius 3 is 2.69 bits per heavy atom. The van der Waals surface area contributed by atoms with Crippen molar-refractivity contribution >= 4 is 11.6 Å². The quantitative estimate of drug-likeness (QED) is 0.751. The topological polar surface area (TPSA) is 47.9 Å². The summed E-state index contributed by atoms with van der Waals surface area (Å²) in [5, 5.41) is 0.409. The molecule has 2 aromatic rings. The van der Waals surface area contributed by atoms with E-state index in [2.05, 4.69) is 15.0 Å². The van der Waals surface area contributed by atoms with Crippen molar-refractivity contribution in [3.8, 4) is 17.4 Å². The number of halogens is 1. The van der Waals surface area contributed by atoms with Crippen LogP contribution in [0.25, 0.3) is 11.5 Å². The van der Waals surface area contributed by atoms with Gasteiger partial charge in [0.05, 0.1) is 7.11 Å². The fourth-order valence-electron chi connectivity index (χ4n) is 1.30. The molecule has 2 rings (SSSR count). The van der Waals surface area contributed by atoms with Crippen LogP contribution in [0.4, 0.5) is 0 Å². The van der Waals surface area contributed by atoms with Crippen LogP contribution in [0.1, 0.15) is 5.69 Å². The second kappa shape index (κ2) is 4.45. The molecule has 0 N–H and O–H groups in total. The Labute approximate surface area is 98.3 Å². The minimum Gasteiger partial charge on any atom is -0.481 e. The molecule has 0 unspecified atom stereocenters. The van der Waals surface area contributed by atoms with E-state index in [-0.39, 0.29) is 0 Å². The van der Waals surface area contributed by atoms with Crippen molar-refractivity contribution in [3.63, 3.8) is 0 Å². The highest BCUT2D eigenvalue weighted by molar-refractivity contribution is 6.29. The van der Waals surface area contributed by atoms with Crippen LogP contribution in [0, 0.1) is 6.92 Å². The molecule has 82 valence electrons. The number of hydrogen-bond acceptors (Lipinski definition) is 4. The van der Waals surface area contributed by atoms with Gasteiger partial charge in [0.2, 0.25) is 5.88 Å². The van der Waals surface area contributed by atoms with Gasteiger partial charge in [0.15, 0.2) is 5.82 Å². The summed E-state index contributed by atoms with van der Waals surface area (Å²) in [6.45, 7) is 1.86. The average Bonchev–Trinajstić information content (AvgIpc) is 2.28. The van der Waals surface area contributed by atoms with Gasteiger partial charge >= 0.3 is 0 Å². The van der Waals surface area contributed by atoms with Gasteiger partial charge in [-0.2, -0.15) is 0 Å². The van der Waals surface area contributed by atoms with Crippen molar-refractivity contribution in [2.24, 2.45) is 0 Å². The van der Waals surface area contributed by atoms with E-state index in [1.165, 1.54) is 0 Å². The molecule has 0 fully saturated rings. The summed E-state index contributed by atoms with van der Waals surface area (Å²) in [6, 6.07) is 7.11. The summed E-state index contributed by atoms with van der Waals surface area (Å²) in [6.07, 6.45) is 0. The van der Waals surface area contributed by atoms with Gasteiger partial charge in [0.25, 0.3) is 0 Å². The van der Waals surface area contributed by atoms with Gasteiger partial charge in [-0.15, -0.1) is 0 Å². The molecule has 0 saturated heterocycles. The van der Waals surface area contributed by atoms with E-state index in [0.29, 0.717) is 22.6 Å². The van der Waals surface area contributed by atoms with Crippen LogP contribution < -0.4 is 4.74 Å². The van der Waals surface area contributed by atoms with E-state index in [1.54, 1.807) is 19.2 Å². The highest BCUT2D eigenvalue weighted by Crippen LogP contribution is 2.18. The van der Waals surface area contributed by atoms with Crippen LogP contribution in [0.5, 0.6) is 5.88 Å². The number of pyridine rings is 1. The molecule has 5 heteroatoms. The van der Waals surface area contributed by atoms with Crippen LogP contribution in [0.3, 0.4) is 0 Å². The van der Waals surface area contributed by atoms with Gasteiger partial charge in [0.1, 0.15) is 10.8 Å². The first kappa shape index (κ1) is 10.8. The van der Waals surface area contributed by atoms with E-state index in [4.69, 9.17) is 16.3 Å². The number of nitrogens with zero attached hydrogens (tertiary/aromatic N) is 3. The van der Waals surface area contributed by atoms with Crippen molar-refractivity contribution in [3.05, 3.63) is 35.1 Å². The average molecular weight is 236 g/mol. The fraction of sp³-hybridized carbons (Fsp3) is 0.182. The molecule has 4 nitrogen and oxygen atoms in total. The number of ether oxygens (including phenoxy) is 1. The largest absolute Gasteiger partial charge is 0.481 e. The number of rotatable bonds is 2. The molecular weight excluding hydrogens is 226 g/mol. The molecule has 0 aliphatic carbocycles. The second-order valence-electron chi connectivity index (χ2n) is 3.22. The highest BCUT2D eigenvalue weighted by Gasteiger charge is 2.06. The van der Waals surface area contributed by atoms with E-state index in [1.807, 2.05) is 19.1 Å². The zero-order valence-electron chi connectivity index (χ0n) is 8.94. The summed E-state index contributed by atoms with van der Waals surface area (Å²) in [5.74, 6) is 1.03. The first-order valence-corrected chi connectivity index (χ1v) is 5.09. The normalized spacial score (nSPS) is 10.2. The lowest BCUT2D eigenvalue weighted by Gasteiger charge is -2.03. The first-order chi connectivity index (χ1) is 7.69. The Morgan fingerprint density at radius 1 is 1.19 bits per heavy atom. The van der Waals surface area contributed by atoms with E-state index in [0.717, 1.165) is 5.69 Å². The Bertz CT molecular complexity index is 496. The molecule has 0 atom stereocenters. The summed E-state index contributed by atoms with van der Waals surface area (Å²) < 4.78 is 5.04. The molecule has 2 heterocycles. The van der Waals surface area contributed by atoms with E-state index in [9.17, 15) is 0 Å². The number of methoxy groups -OCH3 is 1. The predicted molar refractivity (Wildman–Crippen MR) is 61.6 cm³/mol. The third-order valence-corrected chi connectivity index (χ3v) is 2.18. The summed E-state index contributed by atoms with van der Waals surface area (Å²) >= 11 is 5.86. The van der Waals surface area contributed by atoms with Crippen LogP contribution in [-0.4, -0.2) is 22.1 Å². The van der Waals surface area contributed by atoms with Gasteiger partial charge in [-0.1, -0.05) is 17.7 Å². The molecule has 2 aromatic heterocycles. The smallest absolute Gasteiger partial charge is 0.213 e. The van der Waals surface area contributed by atoms with Crippen LogP contribution >= 0.6 is 11.6 Å². The number of aryl methyl sites for hydroxylation is 1. The summed E-state index contributed by atoms with van der Waals surface area (Å²) in [7, 11) is 1.57. The van der Waals surface area contributed by atoms with Crippen LogP contribution in [0.15, 0.2) is 24.3 Å². The van der Waals surface area contributed by atoms with Crippen molar-refractivity contribution in [2.45, 2.75) is 6.92 Å². The third-order valence-electron chi connectivity index (χ3n) is 1.98. The predicted octanol–water partition coefficient (Wildman–Crippen LogP) is 2.51. The highest BCUT2D eigenvalue weighted by atomic mass is 35.5. The Hall–Kier alpha value is -1.68. The maximum Gasteiger partial charge on any atom is 0.213 e. The molecule has 16 heavy (non-hydrogen) atoms. The molecule has 0 aromatic carbocycles. The molecule has 0 spiro atoms. The van der Waals surface area contributed by atoms with Gasteiger partial charge in [-0.25, -0.2) is 15.0 Å². The Kier molecular flexibility index (Phi) is 3.01. The summed E-state index contributed by atoms with van der Waals surface area (Å²) in [4.78, 5) is 12.6. The van der Waals surface area contributed by atoms with Crippen molar-refractivity contribution in [1.29, 1.82) is 0 Å². The Morgan fingerprint density at radius 2 is 2.00 bits per heavy atom. The fourth-order valence-corrected chi connectivity index (χ4v) is 1.54. The van der Waals surface area contributed by atoms with Crippen molar-refractivity contribution in [2.75, 3.05) is 7.11 Å². The van der Waals surface area contributed by atoms with Crippen molar-refractivity contribution < 1.29 is 4.74 Å². The van der Waals surface area contributed by atoms with Gasteiger partial charge in [-0.3, -0.25) is 0 Å². The standard InChI is InChI=1S/C11H10ClN3O/c1-7-6-9(12)15-11(13-7)8-4-3-5-10(14-8)16-2/h3-6H,1-2H3. The van der Waals surface area contributed by atoms with Gasteiger partial charge in [-0.05, 0) is 19.1 Å². The monoisotopic (exact) mass is 235 g/mol. The maximum absolute atomic E-state index is 5.86. The van der Waals surface area contributed by atoms with E-state index < -0.39 is 0 Å². The summed E-state index contributed by atoms with van der Waals surface area (Å²) in [5.41, 5.74) is 1.45. The molecule has 0 bridgehead atoms. The maximum atomic E-state index is 5.86. The molecular formula is C11H10ClN3O. The zero-order valence-corrected chi connectivity index (χ0v) is 9.69. The lowest BCUT2D eigenvalue weighted by atomic mass is 10.3. The molecule has 0 aliphatic rings. The van der Waals surface area contributed by atoms with Gasteiger partial charge < -0.3 is 4.74 Å². The first-order valence-electron chi connectivity index (χ1n) is 4.71. The molecule has 0 aliphatic heterocycles. The van der Waals surface area contributed by atoms with Crippen molar-refractivity contribution in [1.82, 2.24) is 15.0 Å². The van der Waals surface area contributed by atoms with E-state index >= 15 is 0 Å². The lowest BCUT2D eigenvalue weighted by molar-refractivity contribution is 0.398. The Balaban J connectivity index is 2.49. The lowest BCUT2D eigenvalue weighted by Crippen LogP contribution is -1.95. The van der Waals surface area contributed by atoms with Gasteiger partial charge in [0, 0.05) is 11.8 Å². The minimum atomic E-state index is 0.409. The SMILES string of the molecule is COc1cccc(-c2nc(C)cc(Cl)n2)n1. The molecule has 0 amide bonds. The molecule has 0 radical (unpaired) electrons. The third kappa shape index (κ3) is 2.28. The zero-order chi connectivity index (χ0) is 11.5.